The summed E-state index contributed by atoms with van der Waals surface area (Å²) in [5, 5.41) is 2.74. The van der Waals surface area contributed by atoms with Crippen molar-refractivity contribution in [2.24, 2.45) is 4.99 Å². The number of carbonyl (C=O) groups is 1. The van der Waals surface area contributed by atoms with Gasteiger partial charge in [-0.1, -0.05) is 11.6 Å². The Kier molecular flexibility index (Phi) is 6.03. The highest BCUT2D eigenvalue weighted by atomic mass is 19.4. The van der Waals surface area contributed by atoms with Crippen LogP contribution in [0.25, 0.3) is 0 Å². The van der Waals surface area contributed by atoms with Crippen LogP contribution in [0, 0.1) is 12.7 Å². The van der Waals surface area contributed by atoms with E-state index in [0.717, 1.165) is 17.7 Å². The molecule has 1 fully saturated rings. The molecule has 0 aromatic heterocycles. The molecule has 0 saturated carbocycles. The molecule has 36 heavy (non-hydrogen) atoms. The van der Waals surface area contributed by atoms with Gasteiger partial charge in [0.15, 0.2) is 5.75 Å². The minimum absolute atomic E-state index is 0.0881. The third kappa shape index (κ3) is 4.84. The van der Waals surface area contributed by atoms with Crippen LogP contribution in [0.2, 0.25) is 0 Å². The Balaban J connectivity index is 1.40. The number of hydrogen-bond donors (Lipinski definition) is 1. The van der Waals surface area contributed by atoms with Gasteiger partial charge in [-0.15, -0.1) is 0 Å². The average molecular weight is 498 g/mol. The molecule has 0 unspecified atom stereocenters. The first-order valence-corrected chi connectivity index (χ1v) is 11.3. The molecule has 2 aliphatic rings. The summed E-state index contributed by atoms with van der Waals surface area (Å²) < 4.78 is 59.2. The van der Waals surface area contributed by atoms with Crippen LogP contribution >= 0.6 is 0 Å². The van der Waals surface area contributed by atoms with E-state index in [-0.39, 0.29) is 17.5 Å². The van der Waals surface area contributed by atoms with Crippen LogP contribution < -0.4 is 10.1 Å². The number of fused-ring (bicyclic) bond motifs is 2. The molecule has 2 aliphatic heterocycles. The molecule has 10 heteroatoms. The van der Waals surface area contributed by atoms with Crippen LogP contribution in [0.15, 0.2) is 65.7 Å². The monoisotopic (exact) mass is 498 g/mol. The number of amidine groups is 1. The summed E-state index contributed by atoms with van der Waals surface area (Å²) in [5.41, 5.74) is 1.38. The predicted molar refractivity (Wildman–Crippen MR) is 127 cm³/mol. The third-order valence-electron chi connectivity index (χ3n) is 6.07. The van der Waals surface area contributed by atoms with Gasteiger partial charge in [-0.25, -0.2) is 14.2 Å². The molecule has 1 saturated heterocycles. The van der Waals surface area contributed by atoms with E-state index in [0.29, 0.717) is 49.0 Å². The molecular weight excluding hydrogens is 476 g/mol. The molecule has 0 spiro atoms. The number of amides is 2. The van der Waals surface area contributed by atoms with E-state index in [4.69, 9.17) is 4.74 Å². The van der Waals surface area contributed by atoms with Gasteiger partial charge in [0.05, 0.1) is 11.1 Å². The van der Waals surface area contributed by atoms with Crippen LogP contribution in [-0.4, -0.2) is 47.8 Å². The number of aryl methyl sites for hydroxylation is 1. The molecule has 0 bridgehead atoms. The Hall–Kier alpha value is -4.08. The van der Waals surface area contributed by atoms with Crippen molar-refractivity contribution in [1.82, 2.24) is 9.80 Å². The number of hydrogen-bond acceptors (Lipinski definition) is 4. The minimum atomic E-state index is -4.51. The molecule has 0 atom stereocenters. The topological polar surface area (TPSA) is 57.2 Å². The number of benzene rings is 3. The first-order valence-electron chi connectivity index (χ1n) is 11.3. The number of rotatable bonds is 1. The Bertz CT molecular complexity index is 1330. The number of urea groups is 1. The molecule has 3 aromatic carbocycles. The Morgan fingerprint density at radius 3 is 2.33 bits per heavy atom. The van der Waals surface area contributed by atoms with Crippen LogP contribution in [0.3, 0.4) is 0 Å². The second kappa shape index (κ2) is 9.18. The van der Waals surface area contributed by atoms with Crippen molar-refractivity contribution in [3.8, 4) is 11.5 Å². The van der Waals surface area contributed by atoms with Gasteiger partial charge in [-0.2, -0.15) is 13.2 Å². The molecule has 3 aromatic rings. The molecule has 5 rings (SSSR count). The number of nitrogens with zero attached hydrogens (tertiary/aromatic N) is 3. The van der Waals surface area contributed by atoms with E-state index >= 15 is 0 Å². The lowest BCUT2D eigenvalue weighted by Crippen LogP contribution is -2.51. The predicted octanol–water partition coefficient (Wildman–Crippen LogP) is 6.19. The maximum atomic E-state index is 13.4. The number of anilines is 1. The molecule has 186 valence electrons. The van der Waals surface area contributed by atoms with Crippen molar-refractivity contribution in [3.63, 3.8) is 0 Å². The smallest absolute Gasteiger partial charge is 0.416 e. The van der Waals surface area contributed by atoms with Crippen LogP contribution in [-0.2, 0) is 6.18 Å². The lowest BCUT2D eigenvalue weighted by atomic mass is 10.1. The zero-order valence-corrected chi connectivity index (χ0v) is 19.3. The molecule has 2 amide bonds. The highest BCUT2D eigenvalue weighted by molar-refractivity contribution is 6.04. The van der Waals surface area contributed by atoms with Crippen molar-refractivity contribution in [2.45, 2.75) is 13.1 Å². The molecular formula is C26H22F4N4O2. The summed E-state index contributed by atoms with van der Waals surface area (Å²) in [6, 6.07) is 14.0. The SMILES string of the molecule is Cc1ccc2c(c1)C(N1CCN(C(=O)Nc3ccc(F)cc3)CC1)=Nc1cc(C(F)(F)F)ccc1O2. The average Bonchev–Trinajstić information content (AvgIpc) is 3.01. The van der Waals surface area contributed by atoms with Gasteiger partial charge in [-0.05, 0) is 61.5 Å². The maximum absolute atomic E-state index is 13.4. The number of ether oxygens (including phenoxy) is 1. The molecule has 6 nitrogen and oxygen atoms in total. The van der Waals surface area contributed by atoms with E-state index in [9.17, 15) is 22.4 Å². The van der Waals surface area contributed by atoms with E-state index in [1.54, 1.807) is 11.0 Å². The van der Waals surface area contributed by atoms with Crippen molar-refractivity contribution < 1.29 is 27.1 Å². The summed E-state index contributed by atoms with van der Waals surface area (Å²) in [6.45, 7) is 3.47. The number of nitrogens with one attached hydrogen (secondary N) is 1. The summed E-state index contributed by atoms with van der Waals surface area (Å²) in [6.07, 6.45) is -4.51. The summed E-state index contributed by atoms with van der Waals surface area (Å²) in [5.74, 6) is 0.828. The molecule has 2 heterocycles. The van der Waals surface area contributed by atoms with Gasteiger partial charge in [-0.3, -0.25) is 0 Å². The van der Waals surface area contributed by atoms with Crippen molar-refractivity contribution >= 4 is 23.2 Å². The van der Waals surface area contributed by atoms with Gasteiger partial charge in [0.25, 0.3) is 0 Å². The van der Waals surface area contributed by atoms with E-state index in [2.05, 4.69) is 10.3 Å². The Morgan fingerprint density at radius 1 is 0.944 bits per heavy atom. The van der Waals surface area contributed by atoms with Gasteiger partial charge in [0.1, 0.15) is 23.1 Å². The van der Waals surface area contributed by atoms with Crippen LogP contribution in [0.5, 0.6) is 11.5 Å². The zero-order chi connectivity index (χ0) is 25.4. The first-order chi connectivity index (χ1) is 17.2. The normalized spacial score (nSPS) is 15.3. The van der Waals surface area contributed by atoms with Crippen molar-refractivity contribution in [3.05, 3.63) is 83.2 Å². The maximum Gasteiger partial charge on any atom is 0.416 e. The second-order valence-electron chi connectivity index (χ2n) is 8.63. The Morgan fingerprint density at radius 2 is 1.64 bits per heavy atom. The lowest BCUT2D eigenvalue weighted by molar-refractivity contribution is -0.137. The molecule has 0 radical (unpaired) electrons. The number of carbonyl (C=O) groups excluding carboxylic acids is 1. The van der Waals surface area contributed by atoms with Crippen LogP contribution in [0.1, 0.15) is 16.7 Å². The summed E-state index contributed by atoms with van der Waals surface area (Å²) >= 11 is 0. The fraction of sp³-hybridized carbons (Fsp3) is 0.231. The van der Waals surface area contributed by atoms with Crippen molar-refractivity contribution in [2.75, 3.05) is 31.5 Å². The lowest BCUT2D eigenvalue weighted by Gasteiger charge is -2.36. The van der Waals surface area contributed by atoms with Crippen LogP contribution in [0.4, 0.5) is 33.7 Å². The molecule has 1 N–H and O–H groups in total. The summed E-state index contributed by atoms with van der Waals surface area (Å²) in [4.78, 5) is 20.9. The van der Waals surface area contributed by atoms with E-state index < -0.39 is 17.6 Å². The van der Waals surface area contributed by atoms with E-state index in [1.165, 1.54) is 30.3 Å². The largest absolute Gasteiger partial charge is 0.454 e. The standard InChI is InChI=1S/C26H22F4N4O2/c1-16-2-8-22-20(14-16)24(32-21-15-17(26(28,29)30)3-9-23(21)36-22)33-10-12-34(13-11-33)25(35)31-19-6-4-18(27)5-7-19/h2-9,14-15H,10-13H2,1H3,(H,31,35). The zero-order valence-electron chi connectivity index (χ0n) is 19.3. The third-order valence-corrected chi connectivity index (χ3v) is 6.07. The van der Waals surface area contributed by atoms with Gasteiger partial charge >= 0.3 is 12.2 Å². The number of aliphatic imine (C=N–C) groups is 1. The fourth-order valence-corrected chi connectivity index (χ4v) is 4.17. The highest BCUT2D eigenvalue weighted by Crippen LogP contribution is 2.42. The van der Waals surface area contributed by atoms with Crippen molar-refractivity contribution in [1.29, 1.82) is 0 Å². The number of piperazine rings is 1. The second-order valence-corrected chi connectivity index (χ2v) is 8.63. The van der Waals surface area contributed by atoms with Gasteiger partial charge in [0.2, 0.25) is 0 Å². The number of alkyl halides is 3. The molecule has 0 aliphatic carbocycles. The van der Waals surface area contributed by atoms with Gasteiger partial charge in [0, 0.05) is 31.9 Å². The van der Waals surface area contributed by atoms with Gasteiger partial charge < -0.3 is 19.9 Å². The highest BCUT2D eigenvalue weighted by Gasteiger charge is 2.33. The summed E-state index contributed by atoms with van der Waals surface area (Å²) in [7, 11) is 0. The Labute approximate surface area is 204 Å². The first kappa shape index (κ1) is 23.7. The minimum Gasteiger partial charge on any atom is -0.454 e. The quantitative estimate of drug-likeness (QED) is 0.408. The fourth-order valence-electron chi connectivity index (χ4n) is 4.17. The number of halogens is 4. The van der Waals surface area contributed by atoms with E-state index in [1.807, 2.05) is 24.0 Å².